The molecule has 0 amide bonds. The molecule has 0 saturated carbocycles. The van der Waals surface area contributed by atoms with Crippen LogP contribution in [0.4, 0.5) is 5.69 Å². The molecule has 24 heavy (non-hydrogen) atoms. The van der Waals surface area contributed by atoms with E-state index in [2.05, 4.69) is 4.90 Å². The third kappa shape index (κ3) is 2.78. The highest BCUT2D eigenvalue weighted by molar-refractivity contribution is 8.14. The number of aliphatic imine (C=N–C) groups is 1. The molecular formula is C18H16ClN3OS. The number of ketones is 1. The summed E-state index contributed by atoms with van der Waals surface area (Å²) in [5, 5.41) is 1.66. The third-order valence-electron chi connectivity index (χ3n) is 4.31. The molecule has 1 unspecified atom stereocenters. The van der Waals surface area contributed by atoms with Crippen molar-refractivity contribution in [3.05, 3.63) is 64.2 Å². The number of nitrogens with zero attached hydrogens (tertiary/aromatic N) is 2. The molecule has 2 aliphatic heterocycles. The maximum atomic E-state index is 12.6. The van der Waals surface area contributed by atoms with Gasteiger partial charge in [0.1, 0.15) is 0 Å². The maximum absolute atomic E-state index is 12.6. The fourth-order valence-corrected chi connectivity index (χ4v) is 4.30. The molecule has 2 aromatic rings. The van der Waals surface area contributed by atoms with Crippen molar-refractivity contribution in [3.8, 4) is 0 Å². The Labute approximate surface area is 149 Å². The summed E-state index contributed by atoms with van der Waals surface area (Å²) >= 11 is 7.77. The molecule has 2 N–H and O–H groups in total. The molecule has 1 atom stereocenters. The molecule has 0 aliphatic carbocycles. The Morgan fingerprint density at radius 3 is 2.92 bits per heavy atom. The molecule has 0 spiro atoms. The number of halogens is 1. The molecular weight excluding hydrogens is 342 g/mol. The first-order valence-corrected chi connectivity index (χ1v) is 9.13. The molecule has 2 aliphatic rings. The topological polar surface area (TPSA) is 58.7 Å². The van der Waals surface area contributed by atoms with E-state index in [4.69, 9.17) is 22.3 Å². The first-order valence-electron chi connectivity index (χ1n) is 7.77. The Balaban J connectivity index is 1.61. The Bertz CT molecular complexity index is 852. The Morgan fingerprint density at radius 2 is 2.17 bits per heavy atom. The van der Waals surface area contributed by atoms with Gasteiger partial charge in [-0.1, -0.05) is 41.6 Å². The number of benzene rings is 2. The number of hydrogen-bond acceptors (Lipinski definition) is 5. The molecule has 2 aromatic carbocycles. The van der Waals surface area contributed by atoms with Crippen LogP contribution < -0.4 is 5.73 Å². The van der Waals surface area contributed by atoms with Crippen LogP contribution in [0.25, 0.3) is 0 Å². The summed E-state index contributed by atoms with van der Waals surface area (Å²) in [6.07, 6.45) is 0. The number of hydrogen-bond donors (Lipinski definition) is 1. The summed E-state index contributed by atoms with van der Waals surface area (Å²) in [7, 11) is 0. The van der Waals surface area contributed by atoms with Gasteiger partial charge in [0.2, 0.25) is 0 Å². The van der Waals surface area contributed by atoms with Gasteiger partial charge in [-0.05, 0) is 29.8 Å². The highest BCUT2D eigenvalue weighted by atomic mass is 35.5. The summed E-state index contributed by atoms with van der Waals surface area (Å²) in [5.41, 5.74) is 8.74. The van der Waals surface area contributed by atoms with Crippen LogP contribution in [0.1, 0.15) is 27.5 Å². The van der Waals surface area contributed by atoms with Gasteiger partial charge in [0.15, 0.2) is 11.0 Å². The molecule has 4 nitrogen and oxygen atoms in total. The SMILES string of the molecule is Nc1cc(C2CN3CCSC3=N2)ccc1C(=O)c1cccc(Cl)c1. The standard InChI is InChI=1S/C18H16ClN3OS/c19-13-3-1-2-12(8-13)17(23)14-5-4-11(9-15(14)20)16-10-22-6-7-24-18(22)21-16/h1-5,8-9,16H,6-7,10,20H2. The molecule has 4 rings (SSSR count). The number of fused-ring (bicyclic) bond motifs is 1. The average Bonchev–Trinajstić information content (AvgIpc) is 3.16. The van der Waals surface area contributed by atoms with Crippen LogP contribution in [-0.4, -0.2) is 34.7 Å². The minimum absolute atomic E-state index is 0.102. The second kappa shape index (κ2) is 6.15. The smallest absolute Gasteiger partial charge is 0.195 e. The van der Waals surface area contributed by atoms with Crippen molar-refractivity contribution >= 4 is 40.0 Å². The van der Waals surface area contributed by atoms with E-state index < -0.39 is 0 Å². The number of rotatable bonds is 3. The molecule has 0 radical (unpaired) electrons. The van der Waals surface area contributed by atoms with Crippen LogP contribution in [-0.2, 0) is 0 Å². The van der Waals surface area contributed by atoms with Crippen molar-refractivity contribution in [3.63, 3.8) is 0 Å². The van der Waals surface area contributed by atoms with Gasteiger partial charge in [-0.15, -0.1) is 0 Å². The van der Waals surface area contributed by atoms with Gasteiger partial charge in [-0.2, -0.15) is 0 Å². The second-order valence-electron chi connectivity index (χ2n) is 5.91. The van der Waals surface area contributed by atoms with Crippen molar-refractivity contribution in [2.24, 2.45) is 4.99 Å². The highest BCUT2D eigenvalue weighted by Gasteiger charge is 2.30. The number of thioether (sulfide) groups is 1. The molecule has 0 bridgehead atoms. The van der Waals surface area contributed by atoms with Crippen LogP contribution in [0, 0.1) is 0 Å². The van der Waals surface area contributed by atoms with Gasteiger partial charge in [-0.3, -0.25) is 9.79 Å². The Kier molecular flexibility index (Phi) is 3.98. The van der Waals surface area contributed by atoms with Gasteiger partial charge < -0.3 is 10.6 Å². The van der Waals surface area contributed by atoms with Crippen molar-refractivity contribution in [1.82, 2.24) is 4.90 Å². The van der Waals surface area contributed by atoms with Crippen LogP contribution >= 0.6 is 23.4 Å². The lowest BCUT2D eigenvalue weighted by Crippen LogP contribution is -2.21. The van der Waals surface area contributed by atoms with Crippen LogP contribution in [0.5, 0.6) is 0 Å². The van der Waals surface area contributed by atoms with E-state index in [0.29, 0.717) is 21.8 Å². The van der Waals surface area contributed by atoms with Gasteiger partial charge in [0.25, 0.3) is 0 Å². The third-order valence-corrected chi connectivity index (χ3v) is 5.56. The predicted molar refractivity (Wildman–Crippen MR) is 99.9 cm³/mol. The zero-order valence-corrected chi connectivity index (χ0v) is 14.5. The monoisotopic (exact) mass is 357 g/mol. The normalized spacial score (nSPS) is 19.3. The maximum Gasteiger partial charge on any atom is 0.195 e. The van der Waals surface area contributed by atoms with Crippen molar-refractivity contribution < 1.29 is 4.79 Å². The van der Waals surface area contributed by atoms with E-state index in [1.807, 2.05) is 12.1 Å². The van der Waals surface area contributed by atoms with Gasteiger partial charge in [0.05, 0.1) is 6.04 Å². The number of nitrogen functional groups attached to an aromatic ring is 1. The zero-order chi connectivity index (χ0) is 16.7. The van der Waals surface area contributed by atoms with Crippen molar-refractivity contribution in [1.29, 1.82) is 0 Å². The minimum atomic E-state index is -0.115. The van der Waals surface area contributed by atoms with E-state index in [9.17, 15) is 4.79 Å². The van der Waals surface area contributed by atoms with E-state index >= 15 is 0 Å². The van der Waals surface area contributed by atoms with Crippen LogP contribution in [0.2, 0.25) is 5.02 Å². The molecule has 1 fully saturated rings. The molecule has 122 valence electrons. The molecule has 1 saturated heterocycles. The van der Waals surface area contributed by atoms with E-state index in [1.54, 1.807) is 42.1 Å². The zero-order valence-electron chi connectivity index (χ0n) is 12.9. The summed E-state index contributed by atoms with van der Waals surface area (Å²) < 4.78 is 0. The van der Waals surface area contributed by atoms with E-state index in [1.165, 1.54) is 0 Å². The van der Waals surface area contributed by atoms with Gasteiger partial charge in [0, 0.05) is 40.7 Å². The largest absolute Gasteiger partial charge is 0.398 e. The van der Waals surface area contributed by atoms with Crippen molar-refractivity contribution in [2.75, 3.05) is 24.6 Å². The van der Waals surface area contributed by atoms with E-state index in [-0.39, 0.29) is 11.8 Å². The number of carbonyl (C=O) groups excluding carboxylic acids is 1. The van der Waals surface area contributed by atoms with Crippen LogP contribution in [0.3, 0.4) is 0 Å². The minimum Gasteiger partial charge on any atom is -0.398 e. The summed E-state index contributed by atoms with van der Waals surface area (Å²) in [4.78, 5) is 19.7. The second-order valence-corrected chi connectivity index (χ2v) is 7.41. The lowest BCUT2D eigenvalue weighted by atomic mass is 9.98. The average molecular weight is 358 g/mol. The summed E-state index contributed by atoms with van der Waals surface area (Å²) in [6, 6.07) is 12.6. The number of anilines is 1. The summed E-state index contributed by atoms with van der Waals surface area (Å²) in [6.45, 7) is 1.95. The first-order chi connectivity index (χ1) is 11.6. The highest BCUT2D eigenvalue weighted by Crippen LogP contribution is 2.33. The lowest BCUT2D eigenvalue weighted by Gasteiger charge is -2.14. The quantitative estimate of drug-likeness (QED) is 0.673. The first kappa shape index (κ1) is 15.5. The molecule has 2 heterocycles. The van der Waals surface area contributed by atoms with Gasteiger partial charge in [-0.25, -0.2) is 0 Å². The lowest BCUT2D eigenvalue weighted by molar-refractivity contribution is 0.103. The Hall–Kier alpha value is -1.98. The van der Waals surface area contributed by atoms with Crippen molar-refractivity contribution in [2.45, 2.75) is 6.04 Å². The number of amidine groups is 1. The predicted octanol–water partition coefficient (Wildman–Crippen LogP) is 3.61. The Morgan fingerprint density at radius 1 is 1.29 bits per heavy atom. The van der Waals surface area contributed by atoms with Crippen LogP contribution in [0.15, 0.2) is 47.5 Å². The molecule has 0 aromatic heterocycles. The van der Waals surface area contributed by atoms with Gasteiger partial charge >= 0.3 is 0 Å². The summed E-state index contributed by atoms with van der Waals surface area (Å²) in [5.74, 6) is 0.997. The number of nitrogens with two attached hydrogens (primary N) is 1. The van der Waals surface area contributed by atoms with E-state index in [0.717, 1.165) is 29.6 Å². The fourth-order valence-electron chi connectivity index (χ4n) is 3.07. The molecule has 6 heteroatoms. The fraction of sp³-hybridized carbons (Fsp3) is 0.222. The number of carbonyl (C=O) groups is 1.